The second-order valence-corrected chi connectivity index (χ2v) is 5.60. The van der Waals surface area contributed by atoms with Gasteiger partial charge in [0.25, 0.3) is 0 Å². The Morgan fingerprint density at radius 2 is 2.11 bits per heavy atom. The van der Waals surface area contributed by atoms with Crippen LogP contribution < -0.4 is 0 Å². The Bertz CT molecular complexity index is 389. The van der Waals surface area contributed by atoms with Gasteiger partial charge in [0.05, 0.1) is 0 Å². The Balaban J connectivity index is 1.84. The highest BCUT2D eigenvalue weighted by Gasteiger charge is 2.27. The first kappa shape index (κ1) is 13.3. The number of unbranched alkanes of at least 4 members (excludes halogenated alkanes) is 1. The van der Waals surface area contributed by atoms with E-state index in [-0.39, 0.29) is 11.7 Å². The van der Waals surface area contributed by atoms with E-state index in [4.69, 9.17) is 0 Å². The maximum absolute atomic E-state index is 12.3. The topological polar surface area (TPSA) is 34.9 Å². The number of hydrogen-bond donors (Lipinski definition) is 0. The molecule has 0 bridgehead atoms. The molecule has 100 valence electrons. The number of aromatic nitrogens is 2. The second kappa shape index (κ2) is 6.17. The van der Waals surface area contributed by atoms with Gasteiger partial charge in [-0.1, -0.05) is 26.2 Å². The van der Waals surface area contributed by atoms with Crippen molar-refractivity contribution in [3.05, 3.63) is 18.0 Å². The average Bonchev–Trinajstić information content (AvgIpc) is 2.83. The lowest BCUT2D eigenvalue weighted by molar-refractivity contribution is 0.0863. The van der Waals surface area contributed by atoms with Gasteiger partial charge in [0.1, 0.15) is 5.69 Å². The van der Waals surface area contributed by atoms with E-state index < -0.39 is 0 Å². The standard InChI is InChI=1S/C15H24N2O/c1-3-4-5-12-6-8-13(9-7-12)15(18)14-10-11-17(2)16-14/h10-13H,3-9H2,1-2H3. The predicted octanol–water partition coefficient (Wildman–Crippen LogP) is 3.60. The van der Waals surface area contributed by atoms with Crippen LogP contribution in [-0.4, -0.2) is 15.6 Å². The maximum atomic E-state index is 12.3. The van der Waals surface area contributed by atoms with E-state index in [1.54, 1.807) is 4.68 Å². The van der Waals surface area contributed by atoms with E-state index in [9.17, 15) is 4.79 Å². The first-order chi connectivity index (χ1) is 8.70. The molecule has 1 aliphatic carbocycles. The summed E-state index contributed by atoms with van der Waals surface area (Å²) in [5, 5.41) is 4.22. The zero-order valence-corrected chi connectivity index (χ0v) is 11.6. The quantitative estimate of drug-likeness (QED) is 0.746. The summed E-state index contributed by atoms with van der Waals surface area (Å²) >= 11 is 0. The fraction of sp³-hybridized carbons (Fsp3) is 0.733. The minimum absolute atomic E-state index is 0.220. The fourth-order valence-electron chi connectivity index (χ4n) is 2.96. The molecule has 18 heavy (non-hydrogen) atoms. The normalized spacial score (nSPS) is 24.1. The van der Waals surface area contributed by atoms with Crippen LogP contribution in [0.3, 0.4) is 0 Å². The average molecular weight is 248 g/mol. The summed E-state index contributed by atoms with van der Waals surface area (Å²) in [6, 6.07) is 1.84. The molecule has 0 radical (unpaired) electrons. The summed E-state index contributed by atoms with van der Waals surface area (Å²) in [7, 11) is 1.86. The van der Waals surface area contributed by atoms with Crippen LogP contribution in [0.4, 0.5) is 0 Å². The third-order valence-corrected chi connectivity index (χ3v) is 4.15. The van der Waals surface area contributed by atoms with Gasteiger partial charge in [0, 0.05) is 19.2 Å². The van der Waals surface area contributed by atoms with Crippen LogP contribution >= 0.6 is 0 Å². The number of hydrogen-bond acceptors (Lipinski definition) is 2. The molecule has 1 saturated carbocycles. The monoisotopic (exact) mass is 248 g/mol. The van der Waals surface area contributed by atoms with E-state index in [0.29, 0.717) is 5.69 Å². The number of rotatable bonds is 5. The van der Waals surface area contributed by atoms with Gasteiger partial charge in [0.15, 0.2) is 5.78 Å². The van der Waals surface area contributed by atoms with Crippen molar-refractivity contribution in [2.75, 3.05) is 0 Å². The highest BCUT2D eigenvalue weighted by atomic mass is 16.1. The molecule has 0 aromatic carbocycles. The second-order valence-electron chi connectivity index (χ2n) is 5.60. The van der Waals surface area contributed by atoms with Crippen molar-refractivity contribution < 1.29 is 4.79 Å². The van der Waals surface area contributed by atoms with Crippen LogP contribution in [0.1, 0.15) is 62.4 Å². The van der Waals surface area contributed by atoms with Gasteiger partial charge in [0.2, 0.25) is 0 Å². The van der Waals surface area contributed by atoms with Crippen LogP contribution in [0, 0.1) is 11.8 Å². The molecule has 0 unspecified atom stereocenters. The molecule has 1 aliphatic rings. The zero-order chi connectivity index (χ0) is 13.0. The van der Waals surface area contributed by atoms with Gasteiger partial charge < -0.3 is 0 Å². The molecule has 0 saturated heterocycles. The van der Waals surface area contributed by atoms with Crippen LogP contribution in [0.25, 0.3) is 0 Å². The molecule has 0 amide bonds. The van der Waals surface area contributed by atoms with Gasteiger partial charge in [-0.25, -0.2) is 0 Å². The van der Waals surface area contributed by atoms with Crippen molar-refractivity contribution in [2.24, 2.45) is 18.9 Å². The van der Waals surface area contributed by atoms with Gasteiger partial charge >= 0.3 is 0 Å². The largest absolute Gasteiger partial charge is 0.292 e. The zero-order valence-electron chi connectivity index (χ0n) is 11.6. The van der Waals surface area contributed by atoms with Crippen molar-refractivity contribution >= 4 is 5.78 Å². The van der Waals surface area contributed by atoms with E-state index in [1.165, 1.54) is 32.1 Å². The molecule has 1 fully saturated rings. The van der Waals surface area contributed by atoms with E-state index in [0.717, 1.165) is 18.8 Å². The summed E-state index contributed by atoms with van der Waals surface area (Å²) in [4.78, 5) is 12.3. The number of nitrogens with zero attached hydrogens (tertiary/aromatic N) is 2. The summed E-state index contributed by atoms with van der Waals surface area (Å²) < 4.78 is 1.71. The minimum Gasteiger partial charge on any atom is -0.292 e. The lowest BCUT2D eigenvalue weighted by Gasteiger charge is -2.27. The number of aryl methyl sites for hydroxylation is 1. The number of Topliss-reactive ketones (excluding diaryl/α,β-unsaturated/α-hetero) is 1. The SMILES string of the molecule is CCCCC1CCC(C(=O)c2ccn(C)n2)CC1. The highest BCUT2D eigenvalue weighted by Crippen LogP contribution is 2.33. The molecular weight excluding hydrogens is 224 g/mol. The fourth-order valence-corrected chi connectivity index (χ4v) is 2.96. The summed E-state index contributed by atoms with van der Waals surface area (Å²) in [6.07, 6.45) is 10.4. The third-order valence-electron chi connectivity index (χ3n) is 4.15. The van der Waals surface area contributed by atoms with Crippen molar-refractivity contribution in [2.45, 2.75) is 51.9 Å². The lowest BCUT2D eigenvalue weighted by Crippen LogP contribution is -2.22. The number of ketones is 1. The summed E-state index contributed by atoms with van der Waals surface area (Å²) in [6.45, 7) is 2.25. The van der Waals surface area contributed by atoms with Gasteiger partial charge in [-0.15, -0.1) is 0 Å². The van der Waals surface area contributed by atoms with E-state index in [1.807, 2.05) is 19.3 Å². The van der Waals surface area contributed by atoms with Crippen molar-refractivity contribution in [3.8, 4) is 0 Å². The van der Waals surface area contributed by atoms with Crippen LogP contribution in [0.5, 0.6) is 0 Å². The molecule has 3 nitrogen and oxygen atoms in total. The number of carbonyl (C=O) groups excluding carboxylic acids is 1. The van der Waals surface area contributed by atoms with Gasteiger partial charge in [-0.2, -0.15) is 5.10 Å². The van der Waals surface area contributed by atoms with Crippen LogP contribution in [0.15, 0.2) is 12.3 Å². The smallest absolute Gasteiger partial charge is 0.186 e. The Hall–Kier alpha value is -1.12. The first-order valence-electron chi connectivity index (χ1n) is 7.24. The van der Waals surface area contributed by atoms with Crippen LogP contribution in [-0.2, 0) is 7.05 Å². The molecule has 0 spiro atoms. The first-order valence-corrected chi connectivity index (χ1v) is 7.24. The van der Waals surface area contributed by atoms with Crippen molar-refractivity contribution in [1.29, 1.82) is 0 Å². The molecule has 0 aliphatic heterocycles. The highest BCUT2D eigenvalue weighted by molar-refractivity contribution is 5.96. The maximum Gasteiger partial charge on any atom is 0.186 e. The van der Waals surface area contributed by atoms with Crippen LogP contribution in [0.2, 0.25) is 0 Å². The molecule has 1 heterocycles. The van der Waals surface area contributed by atoms with Crippen molar-refractivity contribution in [1.82, 2.24) is 9.78 Å². The Kier molecular flexibility index (Phi) is 4.56. The van der Waals surface area contributed by atoms with Gasteiger partial charge in [-0.3, -0.25) is 9.48 Å². The molecule has 0 N–H and O–H groups in total. The molecule has 1 aromatic rings. The minimum atomic E-state index is 0.220. The van der Waals surface area contributed by atoms with Crippen molar-refractivity contribution in [3.63, 3.8) is 0 Å². The molecule has 2 rings (SSSR count). The third kappa shape index (κ3) is 3.21. The number of carbonyl (C=O) groups is 1. The summed E-state index contributed by atoms with van der Waals surface area (Å²) in [5.74, 6) is 1.33. The van der Waals surface area contributed by atoms with E-state index in [2.05, 4.69) is 12.0 Å². The Labute approximate surface area is 110 Å². The molecule has 1 aromatic heterocycles. The molecular formula is C15H24N2O. The summed E-state index contributed by atoms with van der Waals surface area (Å²) in [5.41, 5.74) is 0.648. The Morgan fingerprint density at radius 1 is 1.39 bits per heavy atom. The predicted molar refractivity (Wildman–Crippen MR) is 72.5 cm³/mol. The lowest BCUT2D eigenvalue weighted by atomic mass is 9.77. The van der Waals surface area contributed by atoms with E-state index >= 15 is 0 Å². The van der Waals surface area contributed by atoms with Gasteiger partial charge in [-0.05, 0) is 37.7 Å². The molecule has 0 atom stereocenters. The Morgan fingerprint density at radius 3 is 2.67 bits per heavy atom. The molecule has 3 heteroatoms.